The van der Waals surface area contributed by atoms with E-state index in [0.29, 0.717) is 23.0 Å². The summed E-state index contributed by atoms with van der Waals surface area (Å²) in [7, 11) is 0. The highest BCUT2D eigenvalue weighted by Crippen LogP contribution is 2.22. The minimum atomic E-state index is -0.606. The molecule has 1 N–H and O–H groups in total. The Morgan fingerprint density at radius 1 is 1.21 bits per heavy atom. The summed E-state index contributed by atoms with van der Waals surface area (Å²) in [6.45, 7) is 4.01. The molecule has 1 aliphatic heterocycles. The second kappa shape index (κ2) is 8.83. The van der Waals surface area contributed by atoms with Gasteiger partial charge in [-0.05, 0) is 31.5 Å². The van der Waals surface area contributed by atoms with Gasteiger partial charge in [-0.25, -0.2) is 19.6 Å². The number of hydrogen-bond donors (Lipinski definition) is 1. The van der Waals surface area contributed by atoms with E-state index in [1.54, 1.807) is 12.1 Å². The molecule has 1 fully saturated rings. The van der Waals surface area contributed by atoms with Crippen LogP contribution in [-0.4, -0.2) is 52.5 Å². The van der Waals surface area contributed by atoms with Crippen molar-refractivity contribution in [2.45, 2.75) is 24.8 Å². The third kappa shape index (κ3) is 4.86. The third-order valence-electron chi connectivity index (χ3n) is 4.04. The molecule has 0 bridgehead atoms. The number of ether oxygens (including phenoxy) is 1. The first-order chi connectivity index (χ1) is 13.4. The Hall–Kier alpha value is -2.94. The number of nitrogens with one attached hydrogen (secondary N) is 1. The largest absolute Gasteiger partial charge is 0.452 e. The van der Waals surface area contributed by atoms with Crippen LogP contribution in [0.2, 0.25) is 0 Å². The molecule has 3 amide bonds. The molecule has 1 aliphatic rings. The van der Waals surface area contributed by atoms with E-state index in [4.69, 9.17) is 4.74 Å². The summed E-state index contributed by atoms with van der Waals surface area (Å²) in [5.74, 6) is -0.666. The number of esters is 1. The van der Waals surface area contributed by atoms with E-state index in [1.807, 2.05) is 32.0 Å². The first kappa shape index (κ1) is 19.8. The van der Waals surface area contributed by atoms with Crippen LogP contribution in [0.3, 0.4) is 0 Å². The number of rotatable bonds is 6. The number of carbonyl (C=O) groups excluding carboxylic acids is 3. The molecule has 146 valence electrons. The van der Waals surface area contributed by atoms with E-state index in [0.717, 1.165) is 21.9 Å². The van der Waals surface area contributed by atoms with Crippen LogP contribution in [-0.2, 0) is 15.3 Å². The van der Waals surface area contributed by atoms with Gasteiger partial charge in [0.25, 0.3) is 5.91 Å². The van der Waals surface area contributed by atoms with Gasteiger partial charge in [-0.2, -0.15) is 0 Å². The van der Waals surface area contributed by atoms with Gasteiger partial charge in [-0.15, -0.1) is 0 Å². The molecular formula is C19H20N4O4S. The second-order valence-corrected chi connectivity index (χ2v) is 7.18. The fraction of sp³-hybridized carbons (Fsp3) is 0.316. The van der Waals surface area contributed by atoms with Crippen molar-refractivity contribution in [1.82, 2.24) is 20.2 Å². The van der Waals surface area contributed by atoms with Crippen LogP contribution in [0.4, 0.5) is 4.79 Å². The van der Waals surface area contributed by atoms with Gasteiger partial charge in [0.2, 0.25) is 0 Å². The van der Waals surface area contributed by atoms with Crippen LogP contribution in [0.25, 0.3) is 0 Å². The molecule has 2 heterocycles. The Balaban J connectivity index is 1.63. The van der Waals surface area contributed by atoms with Crippen molar-refractivity contribution in [3.63, 3.8) is 0 Å². The molecule has 8 nitrogen and oxygen atoms in total. The average molecular weight is 400 g/mol. The van der Waals surface area contributed by atoms with Crippen LogP contribution in [0.15, 0.2) is 35.5 Å². The molecule has 0 atom stereocenters. The first-order valence-electron chi connectivity index (χ1n) is 8.72. The van der Waals surface area contributed by atoms with Crippen LogP contribution in [0, 0.1) is 13.8 Å². The van der Waals surface area contributed by atoms with Crippen LogP contribution >= 0.6 is 11.8 Å². The Labute approximate surface area is 166 Å². The maximum Gasteiger partial charge on any atom is 0.338 e. The van der Waals surface area contributed by atoms with Gasteiger partial charge in [0, 0.05) is 30.2 Å². The summed E-state index contributed by atoms with van der Waals surface area (Å²) in [6.07, 6.45) is 0. The van der Waals surface area contributed by atoms with Crippen molar-refractivity contribution >= 4 is 29.7 Å². The molecule has 1 aromatic heterocycles. The van der Waals surface area contributed by atoms with Crippen molar-refractivity contribution in [2.75, 3.05) is 19.7 Å². The number of thioether (sulfide) groups is 1. The number of imide groups is 1. The average Bonchev–Trinajstić information content (AvgIpc) is 3.09. The highest BCUT2D eigenvalue weighted by Gasteiger charge is 2.27. The molecule has 0 radical (unpaired) electrons. The molecular weight excluding hydrogens is 380 g/mol. The van der Waals surface area contributed by atoms with Crippen LogP contribution in [0.5, 0.6) is 0 Å². The SMILES string of the molecule is Cc1cc(C)nc(SCc2ccccc2C(=O)OCC(=O)N2CCNC2=O)n1. The summed E-state index contributed by atoms with van der Waals surface area (Å²) in [6, 6.07) is 8.46. The summed E-state index contributed by atoms with van der Waals surface area (Å²) in [4.78, 5) is 45.8. The zero-order valence-corrected chi connectivity index (χ0v) is 16.4. The standard InChI is InChI=1S/C19H20N4O4S/c1-12-9-13(2)22-18(21-12)28-11-14-5-3-4-6-15(14)17(25)27-10-16(24)23-8-7-20-19(23)26/h3-6,9H,7-8,10-11H2,1-2H3,(H,20,26). The lowest BCUT2D eigenvalue weighted by atomic mass is 10.1. The van der Waals surface area contributed by atoms with Gasteiger partial charge in [0.15, 0.2) is 11.8 Å². The molecule has 1 saturated heterocycles. The molecule has 1 aromatic carbocycles. The Morgan fingerprint density at radius 2 is 1.93 bits per heavy atom. The predicted octanol–water partition coefficient (Wildman–Crippen LogP) is 2.09. The zero-order chi connectivity index (χ0) is 20.1. The van der Waals surface area contributed by atoms with E-state index < -0.39 is 24.5 Å². The number of nitrogens with zero attached hydrogens (tertiary/aromatic N) is 3. The van der Waals surface area contributed by atoms with Crippen molar-refractivity contribution in [3.05, 3.63) is 52.8 Å². The van der Waals surface area contributed by atoms with Crippen molar-refractivity contribution in [1.29, 1.82) is 0 Å². The monoisotopic (exact) mass is 400 g/mol. The zero-order valence-electron chi connectivity index (χ0n) is 15.6. The fourth-order valence-corrected chi connectivity index (χ4v) is 3.69. The van der Waals surface area contributed by atoms with Gasteiger partial charge in [-0.1, -0.05) is 30.0 Å². The number of hydrogen-bond acceptors (Lipinski definition) is 7. The predicted molar refractivity (Wildman–Crippen MR) is 103 cm³/mol. The third-order valence-corrected chi connectivity index (χ3v) is 4.94. The summed E-state index contributed by atoms with van der Waals surface area (Å²) >= 11 is 1.42. The number of carbonyl (C=O) groups is 3. The molecule has 9 heteroatoms. The van der Waals surface area contributed by atoms with Crippen molar-refractivity contribution < 1.29 is 19.1 Å². The number of aryl methyl sites for hydroxylation is 2. The summed E-state index contributed by atoms with van der Waals surface area (Å²) in [5.41, 5.74) is 2.89. The van der Waals surface area contributed by atoms with E-state index in [2.05, 4.69) is 15.3 Å². The number of benzene rings is 1. The minimum Gasteiger partial charge on any atom is -0.452 e. The smallest absolute Gasteiger partial charge is 0.338 e. The van der Waals surface area contributed by atoms with E-state index >= 15 is 0 Å². The maximum atomic E-state index is 12.5. The lowest BCUT2D eigenvalue weighted by Crippen LogP contribution is -2.37. The Kier molecular flexibility index (Phi) is 6.25. The topological polar surface area (TPSA) is 101 Å². The van der Waals surface area contributed by atoms with E-state index in [-0.39, 0.29) is 6.54 Å². The van der Waals surface area contributed by atoms with Gasteiger partial charge in [0.1, 0.15) is 0 Å². The molecule has 0 saturated carbocycles. The first-order valence-corrected chi connectivity index (χ1v) is 9.71. The fourth-order valence-electron chi connectivity index (χ4n) is 2.74. The van der Waals surface area contributed by atoms with Crippen molar-refractivity contribution in [3.8, 4) is 0 Å². The van der Waals surface area contributed by atoms with Gasteiger partial charge >= 0.3 is 12.0 Å². The normalized spacial score (nSPS) is 13.4. The molecule has 2 aromatic rings. The van der Waals surface area contributed by atoms with Gasteiger partial charge in [-0.3, -0.25) is 9.69 Å². The quantitative estimate of drug-likeness (QED) is 0.450. The molecule has 3 rings (SSSR count). The molecule has 0 aliphatic carbocycles. The molecule has 0 unspecified atom stereocenters. The number of aromatic nitrogens is 2. The second-order valence-electron chi connectivity index (χ2n) is 6.23. The van der Waals surface area contributed by atoms with E-state index in [1.165, 1.54) is 11.8 Å². The Morgan fingerprint density at radius 3 is 2.61 bits per heavy atom. The lowest BCUT2D eigenvalue weighted by Gasteiger charge is -2.13. The van der Waals surface area contributed by atoms with Gasteiger partial charge < -0.3 is 10.1 Å². The lowest BCUT2D eigenvalue weighted by molar-refractivity contribution is -0.130. The Bertz CT molecular complexity index is 898. The summed E-state index contributed by atoms with van der Waals surface area (Å²) in [5, 5.41) is 3.17. The number of amides is 3. The van der Waals surface area contributed by atoms with Gasteiger partial charge in [0.05, 0.1) is 5.56 Å². The van der Waals surface area contributed by atoms with Crippen LogP contribution < -0.4 is 5.32 Å². The van der Waals surface area contributed by atoms with Crippen molar-refractivity contribution in [2.24, 2.45) is 0 Å². The van der Waals surface area contributed by atoms with E-state index in [9.17, 15) is 14.4 Å². The highest BCUT2D eigenvalue weighted by atomic mass is 32.2. The van der Waals surface area contributed by atoms with Crippen LogP contribution in [0.1, 0.15) is 27.3 Å². The minimum absolute atomic E-state index is 0.276. The highest BCUT2D eigenvalue weighted by molar-refractivity contribution is 7.98. The molecule has 0 spiro atoms. The number of urea groups is 1. The summed E-state index contributed by atoms with van der Waals surface area (Å²) < 4.78 is 5.13. The maximum absolute atomic E-state index is 12.5. The molecule has 28 heavy (non-hydrogen) atoms.